The molecule has 96 valence electrons. The fraction of sp³-hybridized carbons (Fsp3) is 0.933. The number of fused-ring (bicyclic) bond motifs is 1. The first-order valence-electron chi connectivity index (χ1n) is 6.97. The van der Waals surface area contributed by atoms with E-state index in [4.69, 9.17) is 0 Å². The zero-order valence-electron chi connectivity index (χ0n) is 11.4. The second kappa shape index (κ2) is 2.96. The molecular formula is C15H24O2. The Labute approximate surface area is 104 Å². The van der Waals surface area contributed by atoms with Crippen LogP contribution in [0.2, 0.25) is 0 Å². The predicted octanol–water partition coefficient (Wildman–Crippen LogP) is 2.79. The fourth-order valence-corrected chi connectivity index (χ4v) is 5.72. The SMILES string of the molecule is C[C@@H]1CC(=O)[C@H]2C(C)(C)[C@H]3C[C@@]12CC[C@@]3(C)O. The van der Waals surface area contributed by atoms with E-state index in [0.717, 1.165) is 25.7 Å². The van der Waals surface area contributed by atoms with E-state index >= 15 is 0 Å². The number of aliphatic hydroxyl groups is 1. The Morgan fingerprint density at radius 2 is 1.88 bits per heavy atom. The van der Waals surface area contributed by atoms with E-state index in [0.29, 0.717) is 17.6 Å². The molecule has 3 saturated carbocycles. The summed E-state index contributed by atoms with van der Waals surface area (Å²) < 4.78 is 0. The van der Waals surface area contributed by atoms with Crippen LogP contribution in [0.5, 0.6) is 0 Å². The van der Waals surface area contributed by atoms with E-state index in [1.807, 2.05) is 6.92 Å². The number of rotatable bonds is 0. The Bertz CT molecular complexity index is 382. The summed E-state index contributed by atoms with van der Waals surface area (Å²) in [6, 6.07) is 0. The van der Waals surface area contributed by atoms with Gasteiger partial charge >= 0.3 is 0 Å². The molecule has 17 heavy (non-hydrogen) atoms. The first kappa shape index (κ1) is 11.7. The lowest BCUT2D eigenvalue weighted by molar-refractivity contribution is -0.125. The van der Waals surface area contributed by atoms with E-state index in [1.165, 1.54) is 0 Å². The van der Waals surface area contributed by atoms with Crippen molar-refractivity contribution in [3.63, 3.8) is 0 Å². The highest BCUT2D eigenvalue weighted by Crippen LogP contribution is 2.72. The van der Waals surface area contributed by atoms with E-state index in [9.17, 15) is 9.90 Å². The van der Waals surface area contributed by atoms with Crippen molar-refractivity contribution in [2.45, 2.75) is 59.0 Å². The zero-order valence-corrected chi connectivity index (χ0v) is 11.4. The van der Waals surface area contributed by atoms with Crippen LogP contribution in [0.3, 0.4) is 0 Å². The van der Waals surface area contributed by atoms with E-state index in [2.05, 4.69) is 20.8 Å². The highest BCUT2D eigenvalue weighted by Gasteiger charge is 2.70. The summed E-state index contributed by atoms with van der Waals surface area (Å²) >= 11 is 0. The second-order valence-electron chi connectivity index (χ2n) is 7.67. The summed E-state index contributed by atoms with van der Waals surface area (Å²) in [4.78, 5) is 12.3. The Kier molecular flexibility index (Phi) is 2.04. The summed E-state index contributed by atoms with van der Waals surface area (Å²) in [6.07, 6.45) is 3.74. The smallest absolute Gasteiger partial charge is 0.137 e. The summed E-state index contributed by atoms with van der Waals surface area (Å²) in [7, 11) is 0. The molecule has 5 atom stereocenters. The first-order valence-corrected chi connectivity index (χ1v) is 6.97. The van der Waals surface area contributed by atoms with Gasteiger partial charge < -0.3 is 5.11 Å². The number of Topliss-reactive ketones (excluding diaryl/α,β-unsaturated/α-hetero) is 1. The molecular weight excluding hydrogens is 212 g/mol. The average Bonchev–Trinajstić information content (AvgIpc) is 2.55. The van der Waals surface area contributed by atoms with Crippen LogP contribution in [0.15, 0.2) is 0 Å². The summed E-state index contributed by atoms with van der Waals surface area (Å²) in [6.45, 7) is 8.64. The van der Waals surface area contributed by atoms with Gasteiger partial charge in [-0.2, -0.15) is 0 Å². The van der Waals surface area contributed by atoms with Gasteiger partial charge in [0.25, 0.3) is 0 Å². The topological polar surface area (TPSA) is 37.3 Å². The van der Waals surface area contributed by atoms with Gasteiger partial charge in [-0.3, -0.25) is 4.79 Å². The number of ketones is 1. The Balaban J connectivity index is 2.13. The largest absolute Gasteiger partial charge is 0.390 e. The van der Waals surface area contributed by atoms with Crippen LogP contribution in [0.4, 0.5) is 0 Å². The van der Waals surface area contributed by atoms with Gasteiger partial charge in [0.05, 0.1) is 5.60 Å². The molecule has 0 radical (unpaired) electrons. The van der Waals surface area contributed by atoms with Crippen molar-refractivity contribution in [2.24, 2.45) is 28.6 Å². The van der Waals surface area contributed by atoms with Crippen LogP contribution in [0, 0.1) is 28.6 Å². The maximum absolute atomic E-state index is 12.3. The molecule has 0 heterocycles. The molecule has 3 fully saturated rings. The number of carbonyl (C=O) groups excluding carboxylic acids is 1. The minimum Gasteiger partial charge on any atom is -0.390 e. The minimum atomic E-state index is -0.570. The lowest BCUT2D eigenvalue weighted by Gasteiger charge is -2.44. The highest BCUT2D eigenvalue weighted by atomic mass is 16.3. The number of carbonyl (C=O) groups is 1. The van der Waals surface area contributed by atoms with Crippen LogP contribution in [0.25, 0.3) is 0 Å². The molecule has 0 aromatic carbocycles. The molecule has 0 saturated heterocycles. The third-order valence-corrected chi connectivity index (χ3v) is 6.46. The molecule has 2 bridgehead atoms. The maximum Gasteiger partial charge on any atom is 0.137 e. The normalized spacial score (nSPS) is 56.1. The van der Waals surface area contributed by atoms with Crippen LogP contribution >= 0.6 is 0 Å². The summed E-state index contributed by atoms with van der Waals surface area (Å²) in [5.41, 5.74) is -0.381. The summed E-state index contributed by atoms with van der Waals surface area (Å²) in [5.74, 6) is 1.47. The molecule has 0 amide bonds. The Morgan fingerprint density at radius 1 is 1.24 bits per heavy atom. The van der Waals surface area contributed by atoms with Crippen molar-refractivity contribution < 1.29 is 9.90 Å². The van der Waals surface area contributed by atoms with Crippen LogP contribution < -0.4 is 0 Å². The lowest BCUT2D eigenvalue weighted by atomic mass is 9.64. The average molecular weight is 236 g/mol. The van der Waals surface area contributed by atoms with E-state index in [-0.39, 0.29) is 16.7 Å². The summed E-state index contributed by atoms with van der Waals surface area (Å²) in [5, 5.41) is 10.6. The van der Waals surface area contributed by atoms with Crippen LogP contribution in [-0.2, 0) is 4.79 Å². The fourth-order valence-electron chi connectivity index (χ4n) is 5.72. The van der Waals surface area contributed by atoms with Gasteiger partial charge in [0.15, 0.2) is 0 Å². The molecule has 0 aliphatic heterocycles. The van der Waals surface area contributed by atoms with E-state index in [1.54, 1.807) is 0 Å². The molecule has 3 aliphatic carbocycles. The first-order chi connectivity index (χ1) is 7.72. The molecule has 2 nitrogen and oxygen atoms in total. The standard InChI is InChI=1S/C15H24O2/c1-9-7-10(16)12-13(2,3)11-8-15(9,12)6-5-14(11,4)17/h9,11-12,17H,5-8H2,1-4H3/t9-,11-,12+,14-,15+/m1/s1. The quantitative estimate of drug-likeness (QED) is 0.702. The van der Waals surface area contributed by atoms with Crippen molar-refractivity contribution in [2.75, 3.05) is 0 Å². The van der Waals surface area contributed by atoms with Gasteiger partial charge in [0.2, 0.25) is 0 Å². The Morgan fingerprint density at radius 3 is 2.53 bits per heavy atom. The number of hydrogen-bond acceptors (Lipinski definition) is 2. The van der Waals surface area contributed by atoms with Gasteiger partial charge in [0, 0.05) is 12.3 Å². The van der Waals surface area contributed by atoms with Gasteiger partial charge in [-0.05, 0) is 48.9 Å². The third kappa shape index (κ3) is 1.18. The van der Waals surface area contributed by atoms with Crippen molar-refractivity contribution in [3.05, 3.63) is 0 Å². The molecule has 2 heteroatoms. The predicted molar refractivity (Wildman–Crippen MR) is 66.5 cm³/mol. The van der Waals surface area contributed by atoms with Gasteiger partial charge in [0.1, 0.15) is 5.78 Å². The minimum absolute atomic E-state index is 0.0259. The molecule has 0 aromatic rings. The second-order valence-corrected chi connectivity index (χ2v) is 7.67. The maximum atomic E-state index is 12.3. The van der Waals surface area contributed by atoms with Crippen LogP contribution in [0.1, 0.15) is 53.4 Å². The molecule has 0 unspecified atom stereocenters. The van der Waals surface area contributed by atoms with Gasteiger partial charge in [-0.1, -0.05) is 20.8 Å². The van der Waals surface area contributed by atoms with Crippen molar-refractivity contribution in [3.8, 4) is 0 Å². The monoisotopic (exact) mass is 236 g/mol. The van der Waals surface area contributed by atoms with Gasteiger partial charge in [-0.25, -0.2) is 0 Å². The van der Waals surface area contributed by atoms with Crippen LogP contribution in [-0.4, -0.2) is 16.5 Å². The third-order valence-electron chi connectivity index (χ3n) is 6.46. The molecule has 0 aromatic heterocycles. The van der Waals surface area contributed by atoms with Crippen molar-refractivity contribution in [1.82, 2.24) is 0 Å². The molecule has 3 aliphatic rings. The van der Waals surface area contributed by atoms with Crippen molar-refractivity contribution in [1.29, 1.82) is 0 Å². The molecule has 3 rings (SSSR count). The van der Waals surface area contributed by atoms with Gasteiger partial charge in [-0.15, -0.1) is 0 Å². The molecule has 1 spiro atoms. The Hall–Kier alpha value is -0.370. The van der Waals surface area contributed by atoms with Crippen molar-refractivity contribution >= 4 is 5.78 Å². The van der Waals surface area contributed by atoms with E-state index < -0.39 is 5.60 Å². The molecule has 1 N–H and O–H groups in total. The number of hydrogen-bond donors (Lipinski definition) is 1. The highest BCUT2D eigenvalue weighted by molar-refractivity contribution is 5.86. The lowest BCUT2D eigenvalue weighted by Crippen LogP contribution is -2.44. The zero-order chi connectivity index (χ0) is 12.6.